The summed E-state index contributed by atoms with van der Waals surface area (Å²) in [6, 6.07) is 20.6. The number of nitrogens with zero attached hydrogens (tertiary/aromatic N) is 3. The van der Waals surface area contributed by atoms with Gasteiger partial charge in [0.25, 0.3) is 0 Å². The number of benzene rings is 3. The summed E-state index contributed by atoms with van der Waals surface area (Å²) < 4.78 is 41.7. The molecule has 8 nitrogen and oxygen atoms in total. The third-order valence-electron chi connectivity index (χ3n) is 7.64. The van der Waals surface area contributed by atoms with Crippen LogP contribution >= 0.6 is 23.1 Å². The third kappa shape index (κ3) is 5.19. The molecule has 0 unspecified atom stereocenters. The molecule has 0 saturated carbocycles. The molecule has 3 heterocycles. The number of rotatable bonds is 6. The number of hydrogen-bond acceptors (Lipinski definition) is 7. The Morgan fingerprint density at radius 1 is 0.909 bits per heavy atom. The number of para-hydroxylation sites is 2. The summed E-state index contributed by atoms with van der Waals surface area (Å²) in [7, 11) is 3.78. The molecule has 6 rings (SSSR count). The summed E-state index contributed by atoms with van der Waals surface area (Å²) in [5.41, 5.74) is 0.631. The van der Waals surface area contributed by atoms with Gasteiger partial charge in [-0.15, -0.1) is 0 Å². The number of anilines is 3. The van der Waals surface area contributed by atoms with Gasteiger partial charge in [0, 0.05) is 30.6 Å². The van der Waals surface area contributed by atoms with E-state index < -0.39 is 57.7 Å². The molecule has 1 fully saturated rings. The Hall–Kier alpha value is -4.36. The van der Waals surface area contributed by atoms with Crippen LogP contribution in [0.25, 0.3) is 0 Å². The fourth-order valence-corrected chi connectivity index (χ4v) is 8.37. The van der Waals surface area contributed by atoms with Gasteiger partial charge in [0.05, 0.1) is 27.9 Å². The zero-order valence-electron chi connectivity index (χ0n) is 23.4. The molecule has 2 aliphatic rings. The number of hydrogen-bond donors (Lipinski definition) is 1. The van der Waals surface area contributed by atoms with E-state index in [0.29, 0.717) is 15.6 Å². The Balaban J connectivity index is 1.40. The van der Waals surface area contributed by atoms with Crippen molar-refractivity contribution in [3.05, 3.63) is 105 Å². The van der Waals surface area contributed by atoms with Crippen LogP contribution in [-0.4, -0.2) is 41.6 Å². The van der Waals surface area contributed by atoms with Crippen LogP contribution in [0.3, 0.4) is 0 Å². The highest BCUT2D eigenvalue weighted by Gasteiger charge is 2.56. The number of carbonyl (C=O) groups is 3. The highest BCUT2D eigenvalue weighted by molar-refractivity contribution is 8.00. The number of halogens is 3. The molecular formula is C31H25F3N4O4S2. The second kappa shape index (κ2) is 11.3. The number of thioether (sulfide) groups is 1. The minimum Gasteiger partial charge on any atom is -0.378 e. The van der Waals surface area contributed by atoms with Gasteiger partial charge in [-0.3, -0.25) is 23.7 Å². The Kier molecular flexibility index (Phi) is 7.62. The molecule has 0 spiro atoms. The Morgan fingerprint density at radius 3 is 2.23 bits per heavy atom. The van der Waals surface area contributed by atoms with E-state index in [4.69, 9.17) is 0 Å². The maximum atomic E-state index is 14.0. The normalized spacial score (nSPS) is 19.5. The van der Waals surface area contributed by atoms with Gasteiger partial charge in [0.15, 0.2) is 0 Å². The van der Waals surface area contributed by atoms with E-state index in [-0.39, 0.29) is 5.91 Å². The van der Waals surface area contributed by atoms with Crippen LogP contribution in [0.5, 0.6) is 0 Å². The van der Waals surface area contributed by atoms with Crippen molar-refractivity contribution in [2.24, 2.45) is 5.92 Å². The molecule has 0 radical (unpaired) electrons. The van der Waals surface area contributed by atoms with Gasteiger partial charge in [-0.1, -0.05) is 65.6 Å². The molecule has 3 amide bonds. The van der Waals surface area contributed by atoms with E-state index in [1.807, 2.05) is 43.3 Å². The maximum absolute atomic E-state index is 14.0. The number of carbonyl (C=O) groups excluding carboxylic acids is 3. The number of aromatic nitrogens is 1. The zero-order valence-corrected chi connectivity index (χ0v) is 25.0. The van der Waals surface area contributed by atoms with Crippen LogP contribution in [-0.2, 0) is 27.1 Å². The molecule has 0 aliphatic carbocycles. The first kappa shape index (κ1) is 29.7. The summed E-state index contributed by atoms with van der Waals surface area (Å²) in [6.45, 7) is -0.571. The fraction of sp³-hybridized carbons (Fsp3) is 0.226. The first-order valence-electron chi connectivity index (χ1n) is 13.5. The van der Waals surface area contributed by atoms with Crippen molar-refractivity contribution in [3.8, 4) is 0 Å². The molecule has 226 valence electrons. The fourth-order valence-electron chi connectivity index (χ4n) is 5.60. The molecule has 1 aromatic heterocycles. The lowest BCUT2D eigenvalue weighted by Crippen LogP contribution is -2.33. The van der Waals surface area contributed by atoms with Gasteiger partial charge in [-0.2, -0.15) is 13.2 Å². The van der Waals surface area contributed by atoms with E-state index in [2.05, 4.69) is 5.32 Å². The SMILES string of the molecule is CN(C)c1ccc([C@@H]2c3sc(=O)n(CC(=O)Nc4ccccc4C(F)(F)F)c3S[C@H]3C(=O)N(c4ccccc4)C(=O)[C@@H]23)cc1. The molecule has 4 aromatic rings. The van der Waals surface area contributed by atoms with Crippen LogP contribution in [0, 0.1) is 5.92 Å². The Morgan fingerprint density at radius 2 is 1.57 bits per heavy atom. The van der Waals surface area contributed by atoms with Gasteiger partial charge >= 0.3 is 11.0 Å². The predicted octanol–water partition coefficient (Wildman–Crippen LogP) is 5.43. The smallest absolute Gasteiger partial charge is 0.378 e. The van der Waals surface area contributed by atoms with Crippen molar-refractivity contribution >= 4 is 57.9 Å². The van der Waals surface area contributed by atoms with Crippen LogP contribution in [0.2, 0.25) is 0 Å². The molecule has 3 atom stereocenters. The topological polar surface area (TPSA) is 91.7 Å². The summed E-state index contributed by atoms with van der Waals surface area (Å²) in [5, 5.41) is 1.74. The molecule has 0 bridgehead atoms. The lowest BCUT2D eigenvalue weighted by atomic mass is 9.83. The summed E-state index contributed by atoms with van der Waals surface area (Å²) >= 11 is 1.91. The maximum Gasteiger partial charge on any atom is 0.418 e. The minimum atomic E-state index is -4.69. The second-order valence-corrected chi connectivity index (χ2v) is 12.7. The van der Waals surface area contributed by atoms with Gasteiger partial charge in [0.1, 0.15) is 11.8 Å². The van der Waals surface area contributed by atoms with E-state index in [1.165, 1.54) is 21.6 Å². The minimum absolute atomic E-state index is 0.346. The number of alkyl halides is 3. The van der Waals surface area contributed by atoms with Crippen molar-refractivity contribution in [2.45, 2.75) is 28.9 Å². The quantitative estimate of drug-likeness (QED) is 0.284. The van der Waals surface area contributed by atoms with E-state index in [0.717, 1.165) is 46.5 Å². The van der Waals surface area contributed by atoms with Gasteiger partial charge < -0.3 is 10.2 Å². The average Bonchev–Trinajstić information content (AvgIpc) is 3.43. The molecule has 3 aromatic carbocycles. The van der Waals surface area contributed by atoms with Crippen molar-refractivity contribution in [2.75, 3.05) is 29.2 Å². The zero-order chi connectivity index (χ0) is 31.3. The molecule has 44 heavy (non-hydrogen) atoms. The molecule has 1 saturated heterocycles. The average molecular weight is 639 g/mol. The molecule has 13 heteroatoms. The predicted molar refractivity (Wildman–Crippen MR) is 163 cm³/mol. The second-order valence-electron chi connectivity index (χ2n) is 10.6. The van der Waals surface area contributed by atoms with Gasteiger partial charge in [-0.25, -0.2) is 4.90 Å². The molecular weight excluding hydrogens is 613 g/mol. The summed E-state index contributed by atoms with van der Waals surface area (Å²) in [5.74, 6) is -3.14. The van der Waals surface area contributed by atoms with Crippen molar-refractivity contribution < 1.29 is 27.6 Å². The standard InChI is InChI=1S/C31H25F3N4O4S2/c1-36(2)18-14-12-17(13-15-18)23-24-25(28(41)38(27(24)40)19-8-4-3-5-9-19)43-29-26(23)44-30(42)37(29)16-22(39)35-21-11-7-6-10-20(21)31(32,33)34/h3-15,23-25H,16H2,1-2H3,(H,35,39)/t23-,24-,25+/m0/s1. The highest BCUT2D eigenvalue weighted by Crippen LogP contribution is 2.54. The first-order chi connectivity index (χ1) is 21.0. The highest BCUT2D eigenvalue weighted by atomic mass is 32.2. The van der Waals surface area contributed by atoms with E-state index in [9.17, 15) is 32.3 Å². The number of nitrogens with one attached hydrogen (secondary N) is 1. The summed E-state index contributed by atoms with van der Waals surface area (Å²) in [6.07, 6.45) is -4.69. The number of amides is 3. The molecule has 1 N–H and O–H groups in total. The van der Waals surface area contributed by atoms with Crippen molar-refractivity contribution in [3.63, 3.8) is 0 Å². The van der Waals surface area contributed by atoms with E-state index >= 15 is 0 Å². The molecule has 2 aliphatic heterocycles. The number of imide groups is 1. The van der Waals surface area contributed by atoms with Crippen LogP contribution in [0.4, 0.5) is 30.2 Å². The Bertz CT molecular complexity index is 1820. The number of fused-ring (bicyclic) bond motifs is 2. The first-order valence-corrected chi connectivity index (χ1v) is 15.2. The van der Waals surface area contributed by atoms with Crippen molar-refractivity contribution in [1.82, 2.24) is 4.57 Å². The van der Waals surface area contributed by atoms with E-state index in [1.54, 1.807) is 30.3 Å². The summed E-state index contributed by atoms with van der Waals surface area (Å²) in [4.78, 5) is 57.2. The lowest BCUT2D eigenvalue weighted by Gasteiger charge is -2.31. The van der Waals surface area contributed by atoms with Crippen LogP contribution in [0.1, 0.15) is 21.9 Å². The van der Waals surface area contributed by atoms with Crippen LogP contribution < -0.4 is 20.0 Å². The van der Waals surface area contributed by atoms with Crippen LogP contribution in [0.15, 0.2) is 88.7 Å². The lowest BCUT2D eigenvalue weighted by molar-refractivity contribution is -0.137. The Labute approximate surface area is 258 Å². The van der Waals surface area contributed by atoms with Crippen molar-refractivity contribution in [1.29, 1.82) is 0 Å². The largest absolute Gasteiger partial charge is 0.418 e. The number of thiazole rings is 1. The van der Waals surface area contributed by atoms with Gasteiger partial charge in [0.2, 0.25) is 17.7 Å². The monoisotopic (exact) mass is 638 g/mol. The third-order valence-corrected chi connectivity index (χ3v) is 10.2. The van der Waals surface area contributed by atoms with Gasteiger partial charge in [-0.05, 0) is 42.0 Å².